The van der Waals surface area contributed by atoms with Crippen molar-refractivity contribution in [2.45, 2.75) is 19.6 Å². The third kappa shape index (κ3) is 4.13. The van der Waals surface area contributed by atoms with E-state index in [1.165, 1.54) is 4.31 Å². The first-order valence-electron chi connectivity index (χ1n) is 9.22. The summed E-state index contributed by atoms with van der Waals surface area (Å²) in [5, 5.41) is 6.57. The van der Waals surface area contributed by atoms with Crippen molar-refractivity contribution < 1.29 is 22.5 Å². The molecule has 1 amide bonds. The lowest BCUT2D eigenvalue weighted by molar-refractivity contribution is -0.128. The molecular weight excluding hydrogens is 408 g/mol. The predicted molar refractivity (Wildman–Crippen MR) is 109 cm³/mol. The molecule has 156 valence electrons. The minimum absolute atomic E-state index is 0.00183. The van der Waals surface area contributed by atoms with Crippen LogP contribution in [-0.2, 0) is 21.4 Å². The van der Waals surface area contributed by atoms with Crippen molar-refractivity contribution >= 4 is 21.6 Å². The number of sulfonamides is 1. The van der Waals surface area contributed by atoms with Crippen LogP contribution in [0.25, 0.3) is 11.4 Å². The van der Waals surface area contributed by atoms with Crippen LogP contribution >= 0.6 is 0 Å². The van der Waals surface area contributed by atoms with Gasteiger partial charge in [0.1, 0.15) is 5.75 Å². The summed E-state index contributed by atoms with van der Waals surface area (Å²) >= 11 is 0. The quantitative estimate of drug-likeness (QED) is 0.660. The topological polar surface area (TPSA) is 115 Å². The molecule has 3 aromatic rings. The summed E-state index contributed by atoms with van der Waals surface area (Å²) in [7, 11) is -3.58. The Labute approximate surface area is 173 Å². The molecule has 2 heterocycles. The molecule has 0 fully saturated rings. The number of aromatic nitrogens is 2. The zero-order chi connectivity index (χ0) is 21.3. The number of aryl methyl sites for hydroxylation is 1. The highest BCUT2D eigenvalue weighted by Crippen LogP contribution is 2.35. The van der Waals surface area contributed by atoms with E-state index in [0.717, 1.165) is 17.4 Å². The Balaban J connectivity index is 1.46. The number of ether oxygens (including phenoxy) is 1. The third-order valence-corrected chi connectivity index (χ3v) is 5.74. The SMILES string of the molecule is Cc1ccc2c(c1)N(S(C)(=O)=O)C[C@@H](C(=O)NCc1nc(-c3ccccc3)no1)O2. The van der Waals surface area contributed by atoms with Gasteiger partial charge >= 0.3 is 0 Å². The fraction of sp³-hybridized carbons (Fsp3) is 0.250. The standard InChI is InChI=1S/C20H20N4O5S/c1-13-8-9-16-15(10-13)24(30(2,26)27)12-17(28-16)20(25)21-11-18-22-19(23-29-18)14-6-4-3-5-7-14/h3-10,17H,11-12H2,1-2H3,(H,21,25)/t17-/m0/s1. The van der Waals surface area contributed by atoms with Gasteiger partial charge < -0.3 is 14.6 Å². The maximum Gasteiger partial charge on any atom is 0.263 e. The fourth-order valence-electron chi connectivity index (χ4n) is 3.12. The lowest BCUT2D eigenvalue weighted by Crippen LogP contribution is -2.50. The lowest BCUT2D eigenvalue weighted by Gasteiger charge is -2.34. The molecule has 30 heavy (non-hydrogen) atoms. The number of benzene rings is 2. The van der Waals surface area contributed by atoms with Gasteiger partial charge in [0.2, 0.25) is 21.7 Å². The minimum Gasteiger partial charge on any atom is -0.476 e. The summed E-state index contributed by atoms with van der Waals surface area (Å²) in [6.07, 6.45) is 0.0922. The van der Waals surface area contributed by atoms with E-state index in [4.69, 9.17) is 9.26 Å². The maximum absolute atomic E-state index is 12.7. The lowest BCUT2D eigenvalue weighted by atomic mass is 10.1. The molecule has 9 nitrogen and oxygen atoms in total. The summed E-state index contributed by atoms with van der Waals surface area (Å²) in [5.74, 6) is 0.506. The van der Waals surface area contributed by atoms with Gasteiger partial charge in [-0.25, -0.2) is 8.42 Å². The fourth-order valence-corrected chi connectivity index (χ4v) is 4.03. The number of rotatable bonds is 5. The Hall–Kier alpha value is -3.40. The van der Waals surface area contributed by atoms with Crippen LogP contribution in [0.15, 0.2) is 53.1 Å². The van der Waals surface area contributed by atoms with Crippen LogP contribution in [0, 0.1) is 6.92 Å². The first-order valence-corrected chi connectivity index (χ1v) is 11.1. The van der Waals surface area contributed by atoms with Crippen molar-refractivity contribution in [2.75, 3.05) is 17.1 Å². The molecule has 4 rings (SSSR count). The number of hydrogen-bond acceptors (Lipinski definition) is 7. The number of fused-ring (bicyclic) bond motifs is 1. The van der Waals surface area contributed by atoms with Crippen LogP contribution in [0.3, 0.4) is 0 Å². The van der Waals surface area contributed by atoms with E-state index in [9.17, 15) is 13.2 Å². The van der Waals surface area contributed by atoms with Crippen molar-refractivity contribution in [1.29, 1.82) is 0 Å². The van der Waals surface area contributed by atoms with Gasteiger partial charge in [-0.2, -0.15) is 4.98 Å². The second-order valence-corrected chi connectivity index (χ2v) is 8.87. The molecule has 1 N–H and O–H groups in total. The molecule has 1 aromatic heterocycles. The van der Waals surface area contributed by atoms with Crippen LogP contribution in [0.4, 0.5) is 5.69 Å². The smallest absolute Gasteiger partial charge is 0.263 e. The number of nitrogens with one attached hydrogen (secondary N) is 1. The van der Waals surface area contributed by atoms with Crippen LogP contribution in [-0.4, -0.2) is 43.4 Å². The number of carbonyl (C=O) groups is 1. The van der Waals surface area contributed by atoms with Gasteiger partial charge in [0.25, 0.3) is 5.91 Å². The van der Waals surface area contributed by atoms with Crippen molar-refractivity contribution in [1.82, 2.24) is 15.5 Å². The van der Waals surface area contributed by atoms with Gasteiger partial charge in [-0.15, -0.1) is 0 Å². The highest BCUT2D eigenvalue weighted by molar-refractivity contribution is 7.92. The molecule has 0 bridgehead atoms. The Morgan fingerprint density at radius 3 is 2.73 bits per heavy atom. The molecule has 1 aliphatic heterocycles. The first-order chi connectivity index (χ1) is 14.3. The predicted octanol–water partition coefficient (Wildman–Crippen LogP) is 1.89. The first kappa shape index (κ1) is 19.9. The molecule has 0 saturated heterocycles. The number of nitrogens with zero attached hydrogens (tertiary/aromatic N) is 3. The summed E-state index contributed by atoms with van der Waals surface area (Å²) in [6, 6.07) is 14.5. The number of hydrogen-bond donors (Lipinski definition) is 1. The van der Waals surface area contributed by atoms with Crippen LogP contribution < -0.4 is 14.4 Å². The molecule has 1 atom stereocenters. The zero-order valence-corrected chi connectivity index (χ0v) is 17.2. The van der Waals surface area contributed by atoms with Gasteiger partial charge in [-0.1, -0.05) is 41.6 Å². The molecule has 0 unspecified atom stereocenters. The van der Waals surface area contributed by atoms with Crippen molar-refractivity contribution in [3.05, 3.63) is 60.0 Å². The molecule has 0 saturated carbocycles. The molecular formula is C20H20N4O5S. The highest BCUT2D eigenvalue weighted by atomic mass is 32.2. The second-order valence-electron chi connectivity index (χ2n) is 6.97. The maximum atomic E-state index is 12.7. The number of carbonyl (C=O) groups excluding carboxylic acids is 1. The van der Waals surface area contributed by atoms with Crippen molar-refractivity contribution in [2.24, 2.45) is 0 Å². The van der Waals surface area contributed by atoms with Gasteiger partial charge in [0.15, 0.2) is 6.10 Å². The Kier molecular flexibility index (Phi) is 5.17. The summed E-state index contributed by atoms with van der Waals surface area (Å²) in [4.78, 5) is 16.9. The Bertz CT molecular complexity index is 1180. The molecule has 1 aliphatic rings. The summed E-state index contributed by atoms with van der Waals surface area (Å²) in [6.45, 7) is 1.73. The van der Waals surface area contributed by atoms with E-state index in [0.29, 0.717) is 17.3 Å². The van der Waals surface area contributed by atoms with Crippen LogP contribution in [0.5, 0.6) is 5.75 Å². The second kappa shape index (κ2) is 7.79. The largest absolute Gasteiger partial charge is 0.476 e. The molecule has 0 spiro atoms. The van der Waals surface area contributed by atoms with E-state index >= 15 is 0 Å². The minimum atomic E-state index is -3.58. The van der Waals surface area contributed by atoms with Crippen molar-refractivity contribution in [3.8, 4) is 17.1 Å². The Morgan fingerprint density at radius 2 is 2.00 bits per heavy atom. The van der Waals surface area contributed by atoms with Gasteiger partial charge in [0, 0.05) is 5.56 Å². The average Bonchev–Trinajstić information content (AvgIpc) is 3.20. The average molecular weight is 428 g/mol. The normalized spacial score (nSPS) is 15.9. The van der Waals surface area contributed by atoms with E-state index in [1.54, 1.807) is 18.2 Å². The zero-order valence-electron chi connectivity index (χ0n) is 16.4. The molecule has 0 radical (unpaired) electrons. The van der Waals surface area contributed by atoms with E-state index in [-0.39, 0.29) is 19.0 Å². The third-order valence-electron chi connectivity index (χ3n) is 4.59. The Morgan fingerprint density at radius 1 is 1.23 bits per heavy atom. The summed E-state index contributed by atoms with van der Waals surface area (Å²) < 4.78 is 36.6. The number of anilines is 1. The number of amides is 1. The van der Waals surface area contributed by atoms with Crippen LogP contribution in [0.1, 0.15) is 11.5 Å². The van der Waals surface area contributed by atoms with Gasteiger partial charge in [0.05, 0.1) is 25.0 Å². The van der Waals surface area contributed by atoms with Gasteiger partial charge in [-0.05, 0) is 24.6 Å². The van der Waals surface area contributed by atoms with Gasteiger partial charge in [-0.3, -0.25) is 9.10 Å². The van der Waals surface area contributed by atoms with E-state index < -0.39 is 22.0 Å². The highest BCUT2D eigenvalue weighted by Gasteiger charge is 2.35. The molecule has 0 aliphatic carbocycles. The summed E-state index contributed by atoms with van der Waals surface area (Å²) in [5.41, 5.74) is 2.11. The molecule has 10 heteroatoms. The monoisotopic (exact) mass is 428 g/mol. The van der Waals surface area contributed by atoms with Crippen LogP contribution in [0.2, 0.25) is 0 Å². The van der Waals surface area contributed by atoms with E-state index in [1.807, 2.05) is 37.3 Å². The van der Waals surface area contributed by atoms with Crippen molar-refractivity contribution in [3.63, 3.8) is 0 Å². The molecule has 2 aromatic carbocycles. The van der Waals surface area contributed by atoms with E-state index in [2.05, 4.69) is 15.5 Å².